The average molecular weight is 334 g/mol. The predicted molar refractivity (Wildman–Crippen MR) is 106 cm³/mol. The lowest BCUT2D eigenvalue weighted by Gasteiger charge is -2.20. The summed E-state index contributed by atoms with van der Waals surface area (Å²) in [4.78, 5) is 0. The lowest BCUT2D eigenvalue weighted by molar-refractivity contribution is 0.475. The molecule has 0 amide bonds. The summed E-state index contributed by atoms with van der Waals surface area (Å²) in [6.45, 7) is 4.36. The van der Waals surface area contributed by atoms with Crippen molar-refractivity contribution in [3.63, 3.8) is 0 Å². The van der Waals surface area contributed by atoms with Gasteiger partial charge in [0.05, 0.1) is 0 Å². The molecule has 0 aliphatic rings. The number of hydrogen-bond donors (Lipinski definition) is 1. The molecule has 0 heterocycles. The van der Waals surface area contributed by atoms with Crippen LogP contribution in [0.4, 0.5) is 0 Å². The van der Waals surface area contributed by atoms with Gasteiger partial charge in [0, 0.05) is 0 Å². The van der Waals surface area contributed by atoms with E-state index in [4.69, 9.17) is 0 Å². The van der Waals surface area contributed by atoms with Gasteiger partial charge in [-0.3, -0.25) is 0 Å². The van der Waals surface area contributed by atoms with Crippen LogP contribution in [0, 0.1) is 0 Å². The van der Waals surface area contributed by atoms with Crippen molar-refractivity contribution < 1.29 is 5.11 Å². The van der Waals surface area contributed by atoms with Gasteiger partial charge in [0.15, 0.2) is 0 Å². The quantitative estimate of drug-likeness (QED) is 0.691. The minimum Gasteiger partial charge on any atom is -0.508 e. The normalized spacial score (nSPS) is 11.0. The van der Waals surface area contributed by atoms with E-state index in [1.807, 2.05) is 12.1 Å². The average Bonchev–Trinajstić information content (AvgIpc) is 2.64. The molecule has 0 fully saturated rings. The van der Waals surface area contributed by atoms with Crippen LogP contribution in [-0.2, 0) is 12.8 Å². The molecule has 2 heteroatoms. The van der Waals surface area contributed by atoms with Crippen LogP contribution in [0.2, 0.25) is 0 Å². The van der Waals surface area contributed by atoms with Crippen molar-refractivity contribution in [2.75, 3.05) is 0 Å². The van der Waals surface area contributed by atoms with Crippen LogP contribution in [0.3, 0.4) is 0 Å². The lowest BCUT2D eigenvalue weighted by Crippen LogP contribution is -2.20. The van der Waals surface area contributed by atoms with E-state index >= 15 is 0 Å². The lowest BCUT2D eigenvalue weighted by atomic mass is 10.2. The highest BCUT2D eigenvalue weighted by Crippen LogP contribution is 2.33. The maximum Gasteiger partial charge on any atom is 0.115 e. The van der Waals surface area contributed by atoms with Crippen LogP contribution in [0.1, 0.15) is 25.0 Å². The van der Waals surface area contributed by atoms with Crippen molar-refractivity contribution in [2.24, 2.45) is 0 Å². The molecule has 3 rings (SSSR count). The number of hydrogen-bond acceptors (Lipinski definition) is 1. The fourth-order valence-electron chi connectivity index (χ4n) is 2.81. The molecule has 0 bridgehead atoms. The molecule has 3 aromatic carbocycles. The zero-order valence-corrected chi connectivity index (χ0v) is 15.1. The van der Waals surface area contributed by atoms with Crippen molar-refractivity contribution in [3.05, 3.63) is 83.9 Å². The Hall–Kier alpha value is -2.11. The third-order valence-electron chi connectivity index (χ3n) is 4.31. The first-order chi connectivity index (χ1) is 11.7. The van der Waals surface area contributed by atoms with Crippen LogP contribution in [0.25, 0.3) is 0 Å². The molecule has 0 spiro atoms. The highest BCUT2D eigenvalue weighted by molar-refractivity contribution is 7.79. The molecule has 0 aliphatic carbocycles. The van der Waals surface area contributed by atoms with Crippen molar-refractivity contribution in [3.8, 4) is 5.75 Å². The molecule has 122 valence electrons. The van der Waals surface area contributed by atoms with Gasteiger partial charge in [-0.15, -0.1) is 0 Å². The molecule has 24 heavy (non-hydrogen) atoms. The second-order valence-electron chi connectivity index (χ2n) is 5.89. The van der Waals surface area contributed by atoms with Crippen molar-refractivity contribution in [2.45, 2.75) is 26.7 Å². The Bertz CT molecular complexity index is 726. The second-order valence-corrected chi connectivity index (χ2v) is 8.11. The van der Waals surface area contributed by atoms with Crippen molar-refractivity contribution in [1.82, 2.24) is 0 Å². The van der Waals surface area contributed by atoms with Crippen LogP contribution in [0.15, 0.2) is 72.8 Å². The van der Waals surface area contributed by atoms with Gasteiger partial charge in [-0.05, 0) is 59.9 Å². The van der Waals surface area contributed by atoms with E-state index in [2.05, 4.69) is 62.4 Å². The van der Waals surface area contributed by atoms with Gasteiger partial charge in [-0.1, -0.05) is 74.5 Å². The number of phenols is 1. The van der Waals surface area contributed by atoms with Gasteiger partial charge in [0.2, 0.25) is 0 Å². The predicted octanol–water partition coefficient (Wildman–Crippen LogP) is 4.28. The molecule has 0 unspecified atom stereocenters. The van der Waals surface area contributed by atoms with Gasteiger partial charge >= 0.3 is 0 Å². The molecule has 0 radical (unpaired) electrons. The third-order valence-corrected chi connectivity index (χ3v) is 6.76. The summed E-state index contributed by atoms with van der Waals surface area (Å²) >= 11 is 0. The number of aromatic hydroxyl groups is 1. The Balaban J connectivity index is 2.06. The maximum absolute atomic E-state index is 9.62. The molecule has 1 N–H and O–H groups in total. The van der Waals surface area contributed by atoms with E-state index in [0.29, 0.717) is 5.75 Å². The zero-order valence-electron chi connectivity index (χ0n) is 14.2. The fourth-order valence-corrected chi connectivity index (χ4v) is 5.05. The Morgan fingerprint density at radius 3 is 1.25 bits per heavy atom. The largest absolute Gasteiger partial charge is 0.508 e. The molecule has 3 aromatic rings. The molecule has 0 aliphatic heterocycles. The molecular weight excluding hydrogens is 311 g/mol. The number of benzene rings is 3. The van der Waals surface area contributed by atoms with E-state index in [9.17, 15) is 5.11 Å². The Kier molecular flexibility index (Phi) is 5.33. The summed E-state index contributed by atoms with van der Waals surface area (Å²) in [5.41, 5.74) is 2.72. The van der Waals surface area contributed by atoms with Gasteiger partial charge in [-0.2, -0.15) is 0 Å². The van der Waals surface area contributed by atoms with Gasteiger partial charge in [0.1, 0.15) is 5.75 Å². The summed E-state index contributed by atoms with van der Waals surface area (Å²) in [5, 5.41) is 13.6. The summed E-state index contributed by atoms with van der Waals surface area (Å²) < 4.78 is 0. The molecular formula is C22H23OP. The molecule has 0 saturated carbocycles. The van der Waals surface area contributed by atoms with Crippen LogP contribution in [-0.4, -0.2) is 5.11 Å². The van der Waals surface area contributed by atoms with E-state index in [1.54, 1.807) is 12.1 Å². The topological polar surface area (TPSA) is 20.2 Å². The number of aryl methyl sites for hydroxylation is 2. The maximum atomic E-state index is 9.62. The third kappa shape index (κ3) is 3.68. The van der Waals surface area contributed by atoms with Crippen molar-refractivity contribution in [1.29, 1.82) is 0 Å². The van der Waals surface area contributed by atoms with Gasteiger partial charge in [0.25, 0.3) is 0 Å². The zero-order chi connectivity index (χ0) is 16.9. The van der Waals surface area contributed by atoms with Crippen LogP contribution < -0.4 is 15.9 Å². The summed E-state index contributed by atoms with van der Waals surface area (Å²) in [6.07, 6.45) is 2.12. The number of phenolic OH excluding ortho intramolecular Hbond substituents is 1. The minimum atomic E-state index is -0.604. The minimum absolute atomic E-state index is 0.316. The Morgan fingerprint density at radius 2 is 0.917 bits per heavy atom. The van der Waals surface area contributed by atoms with E-state index < -0.39 is 7.92 Å². The monoisotopic (exact) mass is 334 g/mol. The highest BCUT2D eigenvalue weighted by Gasteiger charge is 2.16. The van der Waals surface area contributed by atoms with E-state index in [1.165, 1.54) is 27.0 Å². The van der Waals surface area contributed by atoms with Crippen molar-refractivity contribution >= 4 is 23.8 Å². The second kappa shape index (κ2) is 7.64. The standard InChI is InChI=1S/C22H23OP/c1-3-17-5-11-20(12-6-17)24(22-15-9-19(23)10-16-22)21-13-7-18(4-2)8-14-21/h5-16,23H,3-4H2,1-2H3. The Morgan fingerprint density at radius 1 is 0.583 bits per heavy atom. The first kappa shape index (κ1) is 16.7. The fraction of sp³-hybridized carbons (Fsp3) is 0.182. The summed E-state index contributed by atoms with van der Waals surface area (Å²) in [6, 6.07) is 25.6. The van der Waals surface area contributed by atoms with Gasteiger partial charge in [-0.25, -0.2) is 0 Å². The SMILES string of the molecule is CCc1ccc(P(c2ccc(O)cc2)c2ccc(CC)cc2)cc1. The van der Waals surface area contributed by atoms with Gasteiger partial charge < -0.3 is 5.11 Å². The highest BCUT2D eigenvalue weighted by atomic mass is 31.1. The first-order valence-electron chi connectivity index (χ1n) is 8.48. The van der Waals surface area contributed by atoms with Crippen LogP contribution >= 0.6 is 7.92 Å². The molecule has 0 saturated heterocycles. The molecule has 1 nitrogen and oxygen atoms in total. The smallest absolute Gasteiger partial charge is 0.115 e. The molecule has 0 aromatic heterocycles. The van der Waals surface area contributed by atoms with E-state index in [-0.39, 0.29) is 0 Å². The summed E-state index contributed by atoms with van der Waals surface area (Å²) in [5.74, 6) is 0.316. The first-order valence-corrected chi connectivity index (χ1v) is 9.82. The number of rotatable bonds is 5. The Labute approximate surface area is 145 Å². The summed E-state index contributed by atoms with van der Waals surface area (Å²) in [7, 11) is -0.604. The molecule has 0 atom stereocenters. The van der Waals surface area contributed by atoms with E-state index in [0.717, 1.165) is 12.8 Å². The van der Waals surface area contributed by atoms with Crippen LogP contribution in [0.5, 0.6) is 5.75 Å².